The first-order chi connectivity index (χ1) is 9.81. The van der Waals surface area contributed by atoms with Gasteiger partial charge in [-0.2, -0.15) is 0 Å². The third-order valence-corrected chi connectivity index (χ3v) is 0.502. The van der Waals surface area contributed by atoms with Crippen molar-refractivity contribution in [3.05, 3.63) is 39.9 Å². The van der Waals surface area contributed by atoms with E-state index in [0.29, 0.717) is 6.61 Å². The minimum absolute atomic E-state index is 0. The topological polar surface area (TPSA) is 146 Å². The predicted octanol–water partition coefficient (Wildman–Crippen LogP) is 0.343. The van der Waals surface area contributed by atoms with E-state index in [1.807, 2.05) is 0 Å². The summed E-state index contributed by atoms with van der Waals surface area (Å²) in [5.41, 5.74) is 0. The van der Waals surface area contributed by atoms with Crippen LogP contribution in [-0.4, -0.2) is 12.6 Å². The van der Waals surface area contributed by atoms with Crippen LogP contribution in [0.1, 0.15) is 13.8 Å². The Labute approximate surface area is 149 Å². The van der Waals surface area contributed by atoms with Gasteiger partial charge < -0.3 is 4.74 Å². The molecule has 22 heavy (non-hydrogen) atoms. The van der Waals surface area contributed by atoms with Gasteiger partial charge in [0, 0.05) is 39.5 Å². The maximum Gasteiger partial charge on any atom is 0 e. The first-order valence-corrected chi connectivity index (χ1v) is 3.63. The van der Waals surface area contributed by atoms with Crippen molar-refractivity contribution in [3.63, 3.8) is 0 Å². The molecule has 0 amide bonds. The molecule has 0 aliphatic heterocycles. The molecule has 0 rings (SSSR count). The van der Waals surface area contributed by atoms with Gasteiger partial charge in [0.25, 0.3) is 0 Å². The molecule has 0 spiro atoms. The Kier molecular flexibility index (Phi) is 593. The van der Waals surface area contributed by atoms with Gasteiger partial charge in [-0.05, 0) is 13.8 Å². The summed E-state index contributed by atoms with van der Waals surface area (Å²) in [7, 11) is 0. The van der Waals surface area contributed by atoms with E-state index in [9.17, 15) is 4.79 Å². The SMILES string of the molecule is CC#CC(=O)OCC.[C-]#[O+].[C-]#[O+].[C-]#[O+].[C-]#[O+].[C-]#[O+].[C-]#[O+].[Co].[Co]. The van der Waals surface area contributed by atoms with E-state index in [-0.39, 0.29) is 33.6 Å². The van der Waals surface area contributed by atoms with Crippen LogP contribution in [0.25, 0.3) is 0 Å². The van der Waals surface area contributed by atoms with Crippen molar-refractivity contribution in [2.45, 2.75) is 13.8 Å². The normalized spacial score (nSPS) is 3.00. The second-order valence-corrected chi connectivity index (χ2v) is 1.10. The zero-order valence-electron chi connectivity index (χ0n) is 11.1. The smallest absolute Gasteiger partial charge is 0 e. The number of hydrogen-bond donors (Lipinski definition) is 0. The summed E-state index contributed by atoms with van der Waals surface area (Å²) < 4.78 is 49.5. The second-order valence-electron chi connectivity index (χ2n) is 1.10. The first-order valence-electron chi connectivity index (χ1n) is 3.63. The first kappa shape index (κ1) is 59.0. The number of rotatable bonds is 1. The number of carbonyl (C=O) groups excluding carboxylic acids is 1. The van der Waals surface area contributed by atoms with Gasteiger partial charge in [0.1, 0.15) is 0 Å². The van der Waals surface area contributed by atoms with E-state index in [2.05, 4.69) is 56.5 Å². The molecule has 2 radical (unpaired) electrons. The van der Waals surface area contributed by atoms with Crippen LogP contribution in [0, 0.1) is 51.7 Å². The Bertz CT molecular complexity index is 295. The molecular formula is C12H8Co2O8. The van der Waals surface area contributed by atoms with Crippen LogP contribution in [-0.2, 0) is 71.0 Å². The molecule has 0 N–H and O–H groups in total. The van der Waals surface area contributed by atoms with Gasteiger partial charge in [0.05, 0.1) is 6.61 Å². The maximum atomic E-state index is 10.2. The molecule has 0 saturated carbocycles. The minimum Gasteiger partial charge on any atom is 0 e. The summed E-state index contributed by atoms with van der Waals surface area (Å²) in [6.07, 6.45) is 0. The molecule has 0 saturated heterocycles. The molecule has 0 aromatic heterocycles. The molecular weight excluding hydrogens is 390 g/mol. The Hall–Kier alpha value is -1.52. The monoisotopic (exact) mass is 398 g/mol. The molecule has 0 aromatic rings. The van der Waals surface area contributed by atoms with Crippen LogP contribution in [0.3, 0.4) is 0 Å². The average Bonchev–Trinajstić information content (AvgIpc) is 2.59. The van der Waals surface area contributed by atoms with Crippen LogP contribution < -0.4 is 0 Å². The third-order valence-electron chi connectivity index (χ3n) is 0.502. The third kappa shape index (κ3) is 281. The Morgan fingerprint density at radius 1 is 0.818 bits per heavy atom. The van der Waals surface area contributed by atoms with Crippen molar-refractivity contribution >= 4 is 5.97 Å². The second kappa shape index (κ2) is 221. The molecule has 0 aromatic carbocycles. The van der Waals surface area contributed by atoms with E-state index in [1.54, 1.807) is 13.8 Å². The van der Waals surface area contributed by atoms with Gasteiger partial charge in [-0.1, -0.05) is 5.92 Å². The van der Waals surface area contributed by atoms with Crippen molar-refractivity contribution < 1.29 is 71.0 Å². The fourth-order valence-corrected chi connectivity index (χ4v) is 0.269. The molecule has 0 bridgehead atoms. The zero-order chi connectivity index (χ0) is 18.4. The van der Waals surface area contributed by atoms with Crippen molar-refractivity contribution in [1.82, 2.24) is 0 Å². The summed E-state index contributed by atoms with van der Waals surface area (Å²) >= 11 is 0. The van der Waals surface area contributed by atoms with Crippen molar-refractivity contribution in [2.75, 3.05) is 6.61 Å². The molecule has 0 unspecified atom stereocenters. The average molecular weight is 398 g/mol. The molecule has 122 valence electrons. The predicted molar refractivity (Wildman–Crippen MR) is 53.7 cm³/mol. The number of hydrogen-bond acceptors (Lipinski definition) is 2. The van der Waals surface area contributed by atoms with Gasteiger partial charge in [-0.15, -0.1) is 0 Å². The Morgan fingerprint density at radius 2 is 1.05 bits per heavy atom. The fraction of sp³-hybridized carbons (Fsp3) is 0.250. The van der Waals surface area contributed by atoms with Crippen LogP contribution >= 0.6 is 0 Å². The van der Waals surface area contributed by atoms with Gasteiger partial charge >= 0.3 is 73.8 Å². The Balaban J connectivity index is -0.0000000149. The molecule has 0 aliphatic carbocycles. The van der Waals surface area contributed by atoms with Gasteiger partial charge in [0.2, 0.25) is 0 Å². The van der Waals surface area contributed by atoms with E-state index in [4.69, 9.17) is 27.9 Å². The van der Waals surface area contributed by atoms with E-state index in [0.717, 1.165) is 0 Å². The molecule has 0 aliphatic rings. The molecule has 8 nitrogen and oxygen atoms in total. The van der Waals surface area contributed by atoms with Crippen LogP contribution in [0.5, 0.6) is 0 Å². The quantitative estimate of drug-likeness (QED) is 0.206. The number of esters is 1. The van der Waals surface area contributed by atoms with E-state index < -0.39 is 5.97 Å². The summed E-state index contributed by atoms with van der Waals surface area (Å²) in [4.78, 5) is 10.2. The zero-order valence-corrected chi connectivity index (χ0v) is 13.2. The van der Waals surface area contributed by atoms with Gasteiger partial charge in [-0.3, -0.25) is 0 Å². The standard InChI is InChI=1S/C6H8O2.6CO.2Co/c1-3-5-6(7)8-4-2;6*1-2;;/h4H2,1-2H3;;;;;;;;. The van der Waals surface area contributed by atoms with Crippen LogP contribution in [0.2, 0.25) is 0 Å². The number of ether oxygens (including phenoxy) is 1. The van der Waals surface area contributed by atoms with Crippen molar-refractivity contribution in [1.29, 1.82) is 0 Å². The molecule has 0 heterocycles. The van der Waals surface area contributed by atoms with Gasteiger partial charge in [-0.25, -0.2) is 4.79 Å². The minimum atomic E-state index is -0.449. The van der Waals surface area contributed by atoms with Crippen LogP contribution in [0.4, 0.5) is 0 Å². The molecule has 0 fully saturated rings. The van der Waals surface area contributed by atoms with E-state index >= 15 is 0 Å². The maximum absolute atomic E-state index is 10.2. The van der Waals surface area contributed by atoms with Crippen LogP contribution in [0.15, 0.2) is 0 Å². The Morgan fingerprint density at radius 3 is 1.18 bits per heavy atom. The van der Waals surface area contributed by atoms with Crippen molar-refractivity contribution in [2.24, 2.45) is 0 Å². The fourth-order valence-electron chi connectivity index (χ4n) is 0.269. The summed E-state index contributed by atoms with van der Waals surface area (Å²) in [5.74, 6) is 4.21. The largest absolute Gasteiger partial charge is 0 e. The van der Waals surface area contributed by atoms with E-state index in [1.165, 1.54) is 0 Å². The molecule has 0 atom stereocenters. The molecule has 10 heteroatoms. The number of carbonyl (C=O) groups is 1. The van der Waals surface area contributed by atoms with Crippen molar-refractivity contribution in [3.8, 4) is 11.8 Å². The summed E-state index contributed by atoms with van der Waals surface area (Å²) in [6, 6.07) is 0. The summed E-state index contributed by atoms with van der Waals surface area (Å²) in [6.45, 7) is 30.7. The summed E-state index contributed by atoms with van der Waals surface area (Å²) in [5, 5.41) is 0. The van der Waals surface area contributed by atoms with Gasteiger partial charge in [0.15, 0.2) is 0 Å².